The molecule has 0 aromatic heterocycles. The topological polar surface area (TPSA) is 15.3 Å². The first-order valence-corrected chi connectivity index (χ1v) is 7.87. The predicted molar refractivity (Wildman–Crippen MR) is 94.1 cm³/mol. The third kappa shape index (κ3) is 2.79. The van der Waals surface area contributed by atoms with Crippen LogP contribution in [0, 0.1) is 0 Å². The van der Waals surface area contributed by atoms with Crippen LogP contribution in [-0.2, 0) is 12.8 Å². The number of nitrogens with zero attached hydrogens (tertiary/aromatic N) is 1. The van der Waals surface area contributed by atoms with E-state index in [1.165, 1.54) is 16.8 Å². The van der Waals surface area contributed by atoms with Crippen LogP contribution in [0.3, 0.4) is 0 Å². The lowest BCUT2D eigenvalue weighted by atomic mass is 10.1. The second-order valence-electron chi connectivity index (χ2n) is 5.53. The molecule has 21 heavy (non-hydrogen) atoms. The van der Waals surface area contributed by atoms with Gasteiger partial charge in [-0.3, -0.25) is 0 Å². The van der Waals surface area contributed by atoms with Gasteiger partial charge in [-0.1, -0.05) is 37.3 Å². The maximum absolute atomic E-state index is 5.63. The number of benzene rings is 2. The molecule has 0 bridgehead atoms. The molecule has 1 atom stereocenters. The molecule has 0 aliphatic carbocycles. The number of fused-ring (bicyclic) bond motifs is 1. The Kier molecular flexibility index (Phi) is 3.93. The molecule has 2 aromatic carbocycles. The van der Waals surface area contributed by atoms with Gasteiger partial charge in [0.05, 0.1) is 0 Å². The van der Waals surface area contributed by atoms with Crippen LogP contribution in [0.25, 0.3) is 0 Å². The minimum absolute atomic E-state index is 0.400. The van der Waals surface area contributed by atoms with Crippen molar-refractivity contribution in [3.05, 3.63) is 59.7 Å². The van der Waals surface area contributed by atoms with E-state index in [0.717, 1.165) is 23.6 Å². The summed E-state index contributed by atoms with van der Waals surface area (Å²) >= 11 is 5.63. The van der Waals surface area contributed by atoms with E-state index in [-0.39, 0.29) is 0 Å². The van der Waals surface area contributed by atoms with Gasteiger partial charge in [0.25, 0.3) is 0 Å². The summed E-state index contributed by atoms with van der Waals surface area (Å²) in [4.78, 5) is 2.22. The monoisotopic (exact) mass is 296 g/mol. The first-order valence-electron chi connectivity index (χ1n) is 7.46. The van der Waals surface area contributed by atoms with Crippen molar-refractivity contribution >= 4 is 28.7 Å². The number of thiocarbonyl (C=S) groups is 1. The zero-order valence-corrected chi connectivity index (χ0v) is 13.3. The smallest absolute Gasteiger partial charge is 0.178 e. The Balaban J connectivity index is 1.79. The molecule has 3 rings (SSSR count). The maximum Gasteiger partial charge on any atom is 0.178 e. The van der Waals surface area contributed by atoms with Crippen molar-refractivity contribution in [3.8, 4) is 0 Å². The first kappa shape index (κ1) is 14.1. The Hall–Kier alpha value is -1.87. The minimum atomic E-state index is 0.400. The van der Waals surface area contributed by atoms with E-state index in [9.17, 15) is 0 Å². The number of aryl methyl sites for hydroxylation is 1. The molecule has 1 aliphatic heterocycles. The predicted octanol–water partition coefficient (Wildman–Crippen LogP) is 4.40. The van der Waals surface area contributed by atoms with Gasteiger partial charge in [0.1, 0.15) is 0 Å². The van der Waals surface area contributed by atoms with Crippen LogP contribution in [0.5, 0.6) is 0 Å². The molecule has 0 fully saturated rings. The van der Waals surface area contributed by atoms with Crippen LogP contribution in [0.4, 0.5) is 11.4 Å². The third-order valence-corrected chi connectivity index (χ3v) is 4.34. The highest BCUT2D eigenvalue weighted by Crippen LogP contribution is 2.32. The first-order chi connectivity index (χ1) is 10.2. The van der Waals surface area contributed by atoms with E-state index in [1.807, 2.05) is 0 Å². The van der Waals surface area contributed by atoms with Crippen molar-refractivity contribution in [3.63, 3.8) is 0 Å². The summed E-state index contributed by atoms with van der Waals surface area (Å²) < 4.78 is 0. The second kappa shape index (κ2) is 5.86. The van der Waals surface area contributed by atoms with Gasteiger partial charge in [-0.05, 0) is 61.3 Å². The largest absolute Gasteiger partial charge is 0.332 e. The molecule has 2 nitrogen and oxygen atoms in total. The van der Waals surface area contributed by atoms with Crippen molar-refractivity contribution in [2.45, 2.75) is 32.7 Å². The zero-order chi connectivity index (χ0) is 14.8. The molecule has 2 aromatic rings. The molecular formula is C18H20N2S. The number of nitrogens with one attached hydrogen (secondary N) is 1. The fraction of sp³-hybridized carbons (Fsp3) is 0.278. The second-order valence-corrected chi connectivity index (χ2v) is 5.92. The molecule has 0 saturated carbocycles. The summed E-state index contributed by atoms with van der Waals surface area (Å²) in [6, 6.07) is 17.4. The van der Waals surface area contributed by atoms with Crippen LogP contribution in [-0.4, -0.2) is 11.2 Å². The average molecular weight is 296 g/mol. The fourth-order valence-electron chi connectivity index (χ4n) is 2.88. The molecule has 0 spiro atoms. The van der Waals surface area contributed by atoms with Gasteiger partial charge < -0.3 is 10.2 Å². The van der Waals surface area contributed by atoms with Gasteiger partial charge in [-0.2, -0.15) is 0 Å². The van der Waals surface area contributed by atoms with Gasteiger partial charge in [0.15, 0.2) is 5.11 Å². The lowest BCUT2D eigenvalue weighted by molar-refractivity contribution is 0.776. The molecule has 0 amide bonds. The lowest BCUT2D eigenvalue weighted by Gasteiger charge is -2.26. The fourth-order valence-corrected chi connectivity index (χ4v) is 3.28. The summed E-state index contributed by atoms with van der Waals surface area (Å²) in [5.74, 6) is 0. The van der Waals surface area contributed by atoms with E-state index in [1.54, 1.807) is 0 Å². The number of para-hydroxylation sites is 1. The van der Waals surface area contributed by atoms with Gasteiger partial charge in [-0.25, -0.2) is 0 Å². The summed E-state index contributed by atoms with van der Waals surface area (Å²) in [5, 5.41) is 4.14. The van der Waals surface area contributed by atoms with Crippen LogP contribution in [0.1, 0.15) is 25.0 Å². The van der Waals surface area contributed by atoms with Crippen molar-refractivity contribution in [1.82, 2.24) is 0 Å². The van der Waals surface area contributed by atoms with Crippen LogP contribution < -0.4 is 10.2 Å². The number of rotatable bonds is 2. The molecule has 0 unspecified atom stereocenters. The molecule has 1 heterocycles. The number of anilines is 2. The Morgan fingerprint density at radius 1 is 1.19 bits per heavy atom. The normalized spacial score (nSPS) is 16.7. The number of hydrogen-bond acceptors (Lipinski definition) is 1. The van der Waals surface area contributed by atoms with Gasteiger partial charge >= 0.3 is 0 Å². The van der Waals surface area contributed by atoms with Crippen LogP contribution >= 0.6 is 12.2 Å². The van der Waals surface area contributed by atoms with Crippen LogP contribution in [0.15, 0.2) is 48.5 Å². The van der Waals surface area contributed by atoms with E-state index < -0.39 is 0 Å². The molecule has 0 radical (unpaired) electrons. The molecular weight excluding hydrogens is 276 g/mol. The van der Waals surface area contributed by atoms with E-state index in [2.05, 4.69) is 72.6 Å². The standard InChI is InChI=1S/C18H20N2S/c1-3-14-8-10-16(11-9-14)19-18(21)20-13(2)12-15-6-4-5-7-17(15)20/h4-11,13H,3,12H2,1-2H3,(H,19,21)/t13-/m0/s1. The van der Waals surface area contributed by atoms with Gasteiger partial charge in [-0.15, -0.1) is 0 Å². The quantitative estimate of drug-likeness (QED) is 0.827. The highest BCUT2D eigenvalue weighted by molar-refractivity contribution is 7.80. The minimum Gasteiger partial charge on any atom is -0.332 e. The van der Waals surface area contributed by atoms with Crippen molar-refractivity contribution < 1.29 is 0 Å². The van der Waals surface area contributed by atoms with Gasteiger partial charge in [0, 0.05) is 17.4 Å². The molecule has 1 aliphatic rings. The summed E-state index contributed by atoms with van der Waals surface area (Å²) in [7, 11) is 0. The Labute approximate surface area is 131 Å². The molecule has 3 heteroatoms. The zero-order valence-electron chi connectivity index (χ0n) is 12.5. The summed E-state index contributed by atoms with van der Waals surface area (Å²) in [6.07, 6.45) is 2.11. The Morgan fingerprint density at radius 3 is 2.62 bits per heavy atom. The van der Waals surface area contributed by atoms with E-state index >= 15 is 0 Å². The Morgan fingerprint density at radius 2 is 1.90 bits per heavy atom. The SMILES string of the molecule is CCc1ccc(NC(=S)N2c3ccccc3C[C@@H]2C)cc1. The summed E-state index contributed by atoms with van der Waals surface area (Å²) in [6.45, 7) is 4.38. The average Bonchev–Trinajstić information content (AvgIpc) is 2.83. The van der Waals surface area contributed by atoms with E-state index in [0.29, 0.717) is 6.04 Å². The maximum atomic E-state index is 5.63. The molecule has 0 saturated heterocycles. The van der Waals surface area contributed by atoms with E-state index in [4.69, 9.17) is 12.2 Å². The number of hydrogen-bond donors (Lipinski definition) is 1. The lowest BCUT2D eigenvalue weighted by Crippen LogP contribution is -2.38. The van der Waals surface area contributed by atoms with Crippen molar-refractivity contribution in [2.75, 3.05) is 10.2 Å². The highest BCUT2D eigenvalue weighted by Gasteiger charge is 2.28. The van der Waals surface area contributed by atoms with Crippen molar-refractivity contribution in [1.29, 1.82) is 0 Å². The van der Waals surface area contributed by atoms with Crippen LogP contribution in [0.2, 0.25) is 0 Å². The Bertz CT molecular complexity index is 649. The summed E-state index contributed by atoms with van der Waals surface area (Å²) in [5.41, 5.74) is 4.99. The third-order valence-electron chi connectivity index (χ3n) is 4.04. The highest BCUT2D eigenvalue weighted by atomic mass is 32.1. The molecule has 108 valence electrons. The van der Waals surface area contributed by atoms with Crippen molar-refractivity contribution in [2.24, 2.45) is 0 Å². The molecule has 1 N–H and O–H groups in total. The van der Waals surface area contributed by atoms with Gasteiger partial charge in [0.2, 0.25) is 0 Å².